The Morgan fingerprint density at radius 1 is 1.28 bits per heavy atom. The molecule has 96 valence electrons. The smallest absolute Gasteiger partial charge is 0.242 e. The lowest BCUT2D eigenvalue weighted by Crippen LogP contribution is -2.25. The highest BCUT2D eigenvalue weighted by molar-refractivity contribution is 5.75. The summed E-state index contributed by atoms with van der Waals surface area (Å²) >= 11 is 0. The Balaban J connectivity index is 2.13. The normalized spacial score (nSPS) is 26.8. The Hall–Kier alpha value is -1.65. The van der Waals surface area contributed by atoms with Crippen LogP contribution in [-0.2, 0) is 0 Å². The van der Waals surface area contributed by atoms with Crippen LogP contribution in [0.15, 0.2) is 12.7 Å². The highest BCUT2D eigenvalue weighted by atomic mass is 16.3. The van der Waals surface area contributed by atoms with Crippen molar-refractivity contribution in [1.82, 2.24) is 19.5 Å². The third-order valence-corrected chi connectivity index (χ3v) is 4.68. The van der Waals surface area contributed by atoms with Gasteiger partial charge in [-0.15, -0.1) is 0 Å². The van der Waals surface area contributed by atoms with E-state index in [9.17, 15) is 5.11 Å². The molecule has 1 fully saturated rings. The summed E-state index contributed by atoms with van der Waals surface area (Å²) in [6.07, 6.45) is 5.52. The number of rotatable bonds is 1. The number of nitrogens with zero attached hydrogens (tertiary/aromatic N) is 4. The minimum atomic E-state index is -0.0393. The Kier molecular flexibility index (Phi) is 2.33. The minimum Gasteiger partial charge on any atom is -0.492 e. The Morgan fingerprint density at radius 3 is 2.72 bits per heavy atom. The maximum atomic E-state index is 9.68. The fourth-order valence-corrected chi connectivity index (χ4v) is 3.05. The second-order valence-electron chi connectivity index (χ2n) is 5.84. The Labute approximate surface area is 106 Å². The van der Waals surface area contributed by atoms with Crippen molar-refractivity contribution in [2.24, 2.45) is 11.3 Å². The van der Waals surface area contributed by atoms with Crippen LogP contribution >= 0.6 is 0 Å². The second kappa shape index (κ2) is 3.67. The van der Waals surface area contributed by atoms with Crippen molar-refractivity contribution in [2.75, 3.05) is 0 Å². The lowest BCUT2D eigenvalue weighted by atomic mass is 9.80. The standard InChI is InChI=1S/C13H18N4O/c1-8-4-5-9(13(8,2)3)17-7-16-10-11(17)14-6-15-12(10)18/h6-9H,4-5H2,1-3H3,(H,14,15,18). The SMILES string of the molecule is CC1CCC(n2cnc3c(O)ncnc32)C1(C)C. The third-order valence-electron chi connectivity index (χ3n) is 4.68. The molecule has 2 aromatic heterocycles. The van der Waals surface area contributed by atoms with Crippen molar-refractivity contribution in [3.63, 3.8) is 0 Å². The van der Waals surface area contributed by atoms with E-state index in [1.54, 1.807) is 6.33 Å². The van der Waals surface area contributed by atoms with Gasteiger partial charge in [-0.1, -0.05) is 20.8 Å². The van der Waals surface area contributed by atoms with E-state index in [-0.39, 0.29) is 11.3 Å². The summed E-state index contributed by atoms with van der Waals surface area (Å²) in [5, 5.41) is 9.68. The molecular weight excluding hydrogens is 228 g/mol. The molecular formula is C13H18N4O. The summed E-state index contributed by atoms with van der Waals surface area (Å²) < 4.78 is 2.10. The van der Waals surface area contributed by atoms with E-state index in [2.05, 4.69) is 40.3 Å². The van der Waals surface area contributed by atoms with Crippen LogP contribution in [0.3, 0.4) is 0 Å². The zero-order chi connectivity index (χ0) is 12.9. The lowest BCUT2D eigenvalue weighted by molar-refractivity contribution is 0.203. The molecule has 1 aliphatic carbocycles. The van der Waals surface area contributed by atoms with Gasteiger partial charge in [0.2, 0.25) is 5.88 Å². The van der Waals surface area contributed by atoms with E-state index in [4.69, 9.17) is 0 Å². The average molecular weight is 246 g/mol. The van der Waals surface area contributed by atoms with Gasteiger partial charge in [0.25, 0.3) is 0 Å². The minimum absolute atomic E-state index is 0.0393. The fraction of sp³-hybridized carbons (Fsp3) is 0.615. The Morgan fingerprint density at radius 2 is 2.06 bits per heavy atom. The van der Waals surface area contributed by atoms with Crippen molar-refractivity contribution >= 4 is 11.2 Å². The van der Waals surface area contributed by atoms with Gasteiger partial charge in [0.1, 0.15) is 6.33 Å². The predicted molar refractivity (Wildman–Crippen MR) is 68.2 cm³/mol. The van der Waals surface area contributed by atoms with E-state index in [1.807, 2.05) is 0 Å². The van der Waals surface area contributed by atoms with Crippen LogP contribution < -0.4 is 0 Å². The zero-order valence-electron chi connectivity index (χ0n) is 11.0. The molecule has 3 rings (SSSR count). The average Bonchev–Trinajstić information content (AvgIpc) is 2.84. The van der Waals surface area contributed by atoms with Crippen molar-refractivity contribution in [2.45, 2.75) is 39.7 Å². The van der Waals surface area contributed by atoms with Crippen molar-refractivity contribution in [3.05, 3.63) is 12.7 Å². The van der Waals surface area contributed by atoms with Gasteiger partial charge in [-0.05, 0) is 24.2 Å². The van der Waals surface area contributed by atoms with Gasteiger partial charge in [-0.25, -0.2) is 9.97 Å². The van der Waals surface area contributed by atoms with E-state index >= 15 is 0 Å². The number of hydrogen-bond donors (Lipinski definition) is 1. The number of fused-ring (bicyclic) bond motifs is 1. The van der Waals surface area contributed by atoms with Gasteiger partial charge < -0.3 is 9.67 Å². The molecule has 1 N–H and O–H groups in total. The number of hydrogen-bond acceptors (Lipinski definition) is 4. The van der Waals surface area contributed by atoms with Gasteiger partial charge in [0, 0.05) is 6.04 Å². The third kappa shape index (κ3) is 1.43. The first-order valence-corrected chi connectivity index (χ1v) is 6.38. The molecule has 2 unspecified atom stereocenters. The van der Waals surface area contributed by atoms with Gasteiger partial charge in [0.05, 0.1) is 6.33 Å². The maximum absolute atomic E-state index is 9.68. The zero-order valence-corrected chi connectivity index (χ0v) is 11.0. The van der Waals surface area contributed by atoms with Crippen LogP contribution in [0.25, 0.3) is 11.2 Å². The fourth-order valence-electron chi connectivity index (χ4n) is 3.05. The van der Waals surface area contributed by atoms with Crippen molar-refractivity contribution < 1.29 is 5.11 Å². The molecule has 5 nitrogen and oxygen atoms in total. The van der Waals surface area contributed by atoms with Gasteiger partial charge in [-0.2, -0.15) is 4.98 Å². The molecule has 0 spiro atoms. The van der Waals surface area contributed by atoms with Crippen LogP contribution in [0, 0.1) is 11.3 Å². The molecule has 0 saturated heterocycles. The van der Waals surface area contributed by atoms with Crippen molar-refractivity contribution in [1.29, 1.82) is 0 Å². The molecule has 1 aliphatic rings. The first-order valence-electron chi connectivity index (χ1n) is 6.38. The topological polar surface area (TPSA) is 63.8 Å². The summed E-state index contributed by atoms with van der Waals surface area (Å²) in [5.41, 5.74) is 1.44. The Bertz CT molecular complexity index is 590. The quantitative estimate of drug-likeness (QED) is 0.839. The summed E-state index contributed by atoms with van der Waals surface area (Å²) in [6.45, 7) is 6.88. The summed E-state index contributed by atoms with van der Waals surface area (Å²) in [5.74, 6) is 0.637. The van der Waals surface area contributed by atoms with Crippen LogP contribution in [0.4, 0.5) is 0 Å². The molecule has 0 bridgehead atoms. The predicted octanol–water partition coefficient (Wildman–Crippen LogP) is 2.53. The van der Waals surface area contributed by atoms with E-state index in [0.717, 1.165) is 12.1 Å². The molecule has 2 aromatic rings. The van der Waals surface area contributed by atoms with Gasteiger partial charge >= 0.3 is 0 Å². The number of aromatic nitrogens is 4. The molecule has 1 saturated carbocycles. The summed E-state index contributed by atoms with van der Waals surface area (Å²) in [6, 6.07) is 0.381. The van der Waals surface area contributed by atoms with E-state index < -0.39 is 0 Å². The first kappa shape index (κ1) is 11.4. The molecule has 18 heavy (non-hydrogen) atoms. The molecule has 2 atom stereocenters. The van der Waals surface area contributed by atoms with Crippen LogP contribution in [0.1, 0.15) is 39.7 Å². The van der Waals surface area contributed by atoms with Crippen LogP contribution in [0.5, 0.6) is 5.88 Å². The van der Waals surface area contributed by atoms with Crippen molar-refractivity contribution in [3.8, 4) is 5.88 Å². The largest absolute Gasteiger partial charge is 0.492 e. The van der Waals surface area contributed by atoms with Crippen LogP contribution in [0.2, 0.25) is 0 Å². The summed E-state index contributed by atoms with van der Waals surface area (Å²) in [7, 11) is 0. The summed E-state index contributed by atoms with van der Waals surface area (Å²) in [4.78, 5) is 12.3. The lowest BCUT2D eigenvalue weighted by Gasteiger charge is -2.32. The highest BCUT2D eigenvalue weighted by Crippen LogP contribution is 2.50. The molecule has 0 aliphatic heterocycles. The first-order chi connectivity index (χ1) is 8.51. The molecule has 2 heterocycles. The maximum Gasteiger partial charge on any atom is 0.242 e. The number of imidazole rings is 1. The molecule has 0 radical (unpaired) electrons. The van der Waals surface area contributed by atoms with Crippen LogP contribution in [-0.4, -0.2) is 24.6 Å². The molecule has 0 aromatic carbocycles. The van der Waals surface area contributed by atoms with E-state index in [0.29, 0.717) is 17.5 Å². The number of aromatic hydroxyl groups is 1. The van der Waals surface area contributed by atoms with Gasteiger partial charge in [0.15, 0.2) is 11.2 Å². The van der Waals surface area contributed by atoms with E-state index in [1.165, 1.54) is 12.7 Å². The van der Waals surface area contributed by atoms with Gasteiger partial charge in [-0.3, -0.25) is 0 Å². The molecule has 5 heteroatoms. The second-order valence-corrected chi connectivity index (χ2v) is 5.84. The molecule has 0 amide bonds. The highest BCUT2D eigenvalue weighted by Gasteiger charge is 2.42. The monoisotopic (exact) mass is 246 g/mol.